The Balaban J connectivity index is 1.87. The smallest absolute Gasteiger partial charge is 0.223 e. The van der Waals surface area contributed by atoms with Crippen molar-refractivity contribution in [2.75, 3.05) is 0 Å². The predicted molar refractivity (Wildman–Crippen MR) is 139 cm³/mol. The molecule has 7 aromatic rings. The fraction of sp³-hybridized carbons (Fsp3) is 0. The summed E-state index contributed by atoms with van der Waals surface area (Å²) in [4.78, 5) is 10.0. The van der Waals surface area contributed by atoms with Crippen LogP contribution >= 0.6 is 0 Å². The van der Waals surface area contributed by atoms with Gasteiger partial charge in [0.15, 0.2) is 0 Å². The fourth-order valence-corrected chi connectivity index (χ4v) is 4.93. The van der Waals surface area contributed by atoms with Gasteiger partial charge in [-0.1, -0.05) is 24.3 Å². The minimum atomic E-state index is 0.280. The van der Waals surface area contributed by atoms with Crippen LogP contribution in [0, 0.1) is 34.0 Å². The molecule has 0 unspecified atom stereocenters. The molecule has 0 bridgehead atoms. The third kappa shape index (κ3) is 2.80. The van der Waals surface area contributed by atoms with Gasteiger partial charge >= 0.3 is 0 Å². The summed E-state index contributed by atoms with van der Waals surface area (Å²) in [5, 5.41) is 29.1. The van der Waals surface area contributed by atoms with Gasteiger partial charge in [-0.05, 0) is 60.7 Å². The number of aromatic nitrogens is 5. The lowest BCUT2D eigenvalue weighted by Crippen LogP contribution is -2.02. The Bertz CT molecular complexity index is 2090. The Labute approximate surface area is 209 Å². The summed E-state index contributed by atoms with van der Waals surface area (Å²) in [5.74, 6) is 1.16. The SMILES string of the molecule is N#Cc1ccc(-n2c3nc4ccccc4n3c3cc(C#N)c(C#N)cc3n3c4ccccc4nc23)cc1. The van der Waals surface area contributed by atoms with E-state index in [4.69, 9.17) is 9.97 Å². The lowest BCUT2D eigenvalue weighted by atomic mass is 10.1. The molecule has 0 atom stereocenters. The topological polar surface area (TPSA) is 111 Å². The maximum Gasteiger partial charge on any atom is 0.223 e. The van der Waals surface area contributed by atoms with E-state index < -0.39 is 0 Å². The Morgan fingerprint density at radius 3 is 1.49 bits per heavy atom. The number of imidazole rings is 2. The zero-order valence-corrected chi connectivity index (χ0v) is 19.2. The summed E-state index contributed by atoms with van der Waals surface area (Å²) in [6, 6.07) is 32.8. The first-order valence-electron chi connectivity index (χ1n) is 11.5. The van der Waals surface area contributed by atoms with E-state index in [1.165, 1.54) is 0 Å². The van der Waals surface area contributed by atoms with Crippen LogP contribution in [-0.2, 0) is 0 Å². The third-order valence-corrected chi connectivity index (χ3v) is 6.58. The average molecular weight is 474 g/mol. The van der Waals surface area contributed by atoms with Crippen molar-refractivity contribution in [3.63, 3.8) is 0 Å². The summed E-state index contributed by atoms with van der Waals surface area (Å²) >= 11 is 0. The van der Waals surface area contributed by atoms with Gasteiger partial charge in [-0.15, -0.1) is 0 Å². The van der Waals surface area contributed by atoms with Crippen molar-refractivity contribution in [2.45, 2.75) is 0 Å². The zero-order chi connectivity index (χ0) is 25.1. The van der Waals surface area contributed by atoms with Crippen molar-refractivity contribution in [3.8, 4) is 23.9 Å². The summed E-state index contributed by atoms with van der Waals surface area (Å²) in [5.41, 5.74) is 6.53. The first-order valence-corrected chi connectivity index (χ1v) is 11.5. The van der Waals surface area contributed by atoms with Gasteiger partial charge in [0, 0.05) is 0 Å². The zero-order valence-electron chi connectivity index (χ0n) is 19.2. The highest BCUT2D eigenvalue weighted by atomic mass is 15.3. The molecular formula is C29H14N8. The van der Waals surface area contributed by atoms with Crippen molar-refractivity contribution in [3.05, 3.63) is 102 Å². The van der Waals surface area contributed by atoms with Crippen LogP contribution in [0.15, 0.2) is 84.9 Å². The summed E-state index contributed by atoms with van der Waals surface area (Å²) < 4.78 is 5.93. The minimum absolute atomic E-state index is 0.280. The van der Waals surface area contributed by atoms with Gasteiger partial charge in [-0.25, -0.2) is 14.5 Å². The minimum Gasteiger partial charge on any atom is -0.276 e. The number of rotatable bonds is 1. The Morgan fingerprint density at radius 1 is 0.541 bits per heavy atom. The number of benzene rings is 4. The summed E-state index contributed by atoms with van der Waals surface area (Å²) in [7, 11) is 0. The molecule has 0 aliphatic heterocycles. The van der Waals surface area contributed by atoms with Crippen LogP contribution in [-0.4, -0.2) is 23.3 Å². The van der Waals surface area contributed by atoms with Gasteiger partial charge in [-0.3, -0.25) is 8.80 Å². The molecule has 0 amide bonds. The Kier molecular flexibility index (Phi) is 4.17. The molecule has 3 aromatic heterocycles. The fourth-order valence-electron chi connectivity index (χ4n) is 4.93. The molecule has 37 heavy (non-hydrogen) atoms. The van der Waals surface area contributed by atoms with Gasteiger partial charge in [0.1, 0.15) is 12.1 Å². The van der Waals surface area contributed by atoms with Gasteiger partial charge in [-0.2, -0.15) is 15.8 Å². The maximum atomic E-state index is 9.86. The Hall–Kier alpha value is -5.91. The standard InChI is InChI=1S/C29H14N8/c30-15-18-9-11-21(12-10-18)35-28-33-22-5-1-3-7-24(22)36(28)26-13-19(16-31)20(17-32)14-27(26)37-25-8-4-2-6-23(25)34-29(35)37/h1-14H. The lowest BCUT2D eigenvalue weighted by Gasteiger charge is -2.06. The molecule has 4 aromatic carbocycles. The average Bonchev–Trinajstić information content (AvgIpc) is 3.48. The Morgan fingerprint density at radius 2 is 1.03 bits per heavy atom. The molecular weight excluding hydrogens is 460 g/mol. The predicted octanol–water partition coefficient (Wildman–Crippen LogP) is 5.41. The van der Waals surface area contributed by atoms with Crippen LogP contribution in [0.3, 0.4) is 0 Å². The molecule has 0 saturated carbocycles. The van der Waals surface area contributed by atoms with Crippen molar-refractivity contribution in [2.24, 2.45) is 0 Å². The van der Waals surface area contributed by atoms with Crippen molar-refractivity contribution in [1.29, 1.82) is 15.8 Å². The van der Waals surface area contributed by atoms with E-state index in [1.807, 2.05) is 74.0 Å². The molecule has 0 aliphatic carbocycles. The molecule has 7 rings (SSSR count). The summed E-state index contributed by atoms with van der Waals surface area (Å²) in [6.07, 6.45) is 0. The van der Waals surface area contributed by atoms with Crippen LogP contribution in [0.5, 0.6) is 0 Å². The highest BCUT2D eigenvalue weighted by Crippen LogP contribution is 2.30. The van der Waals surface area contributed by atoms with Crippen LogP contribution in [0.25, 0.3) is 50.3 Å². The van der Waals surface area contributed by atoms with E-state index in [2.05, 4.69) is 18.2 Å². The third-order valence-electron chi connectivity index (χ3n) is 6.58. The van der Waals surface area contributed by atoms with E-state index in [9.17, 15) is 15.8 Å². The molecule has 170 valence electrons. The lowest BCUT2D eigenvalue weighted by molar-refractivity contribution is 1.03. The van der Waals surface area contributed by atoms with E-state index >= 15 is 0 Å². The van der Waals surface area contributed by atoms with Crippen LogP contribution in [0.1, 0.15) is 16.7 Å². The second-order valence-corrected chi connectivity index (χ2v) is 8.58. The first kappa shape index (κ1) is 20.5. The monoisotopic (exact) mass is 474 g/mol. The first-order chi connectivity index (χ1) is 18.2. The van der Waals surface area contributed by atoms with Gasteiger partial charge in [0.2, 0.25) is 11.6 Å². The van der Waals surface area contributed by atoms with E-state index in [-0.39, 0.29) is 11.1 Å². The molecule has 0 aliphatic rings. The normalized spacial score (nSPS) is 11.2. The summed E-state index contributed by atoms with van der Waals surface area (Å²) in [6.45, 7) is 0. The maximum absolute atomic E-state index is 9.86. The van der Waals surface area contributed by atoms with Crippen molar-refractivity contribution >= 4 is 44.7 Å². The highest BCUT2D eigenvalue weighted by Gasteiger charge is 2.20. The number of nitriles is 3. The number of fused-ring (bicyclic) bond motifs is 9. The number of hydrogen-bond acceptors (Lipinski definition) is 5. The van der Waals surface area contributed by atoms with E-state index in [0.29, 0.717) is 28.2 Å². The second kappa shape index (κ2) is 7.55. The van der Waals surface area contributed by atoms with Gasteiger partial charge in [0.05, 0.1) is 61.5 Å². The molecule has 0 N–H and O–H groups in total. The molecule has 8 heteroatoms. The molecule has 0 radical (unpaired) electrons. The van der Waals surface area contributed by atoms with Gasteiger partial charge < -0.3 is 0 Å². The molecule has 0 saturated heterocycles. The number of para-hydroxylation sites is 4. The second-order valence-electron chi connectivity index (χ2n) is 8.58. The molecule has 0 spiro atoms. The van der Waals surface area contributed by atoms with Crippen molar-refractivity contribution in [1.82, 2.24) is 23.3 Å². The number of hydrogen-bond donors (Lipinski definition) is 0. The molecule has 0 fully saturated rings. The highest BCUT2D eigenvalue weighted by molar-refractivity contribution is 5.94. The van der Waals surface area contributed by atoms with Crippen LogP contribution in [0.4, 0.5) is 0 Å². The molecule has 3 heterocycles. The van der Waals surface area contributed by atoms with Gasteiger partial charge in [0.25, 0.3) is 0 Å². The van der Waals surface area contributed by atoms with Crippen LogP contribution in [0.2, 0.25) is 0 Å². The largest absolute Gasteiger partial charge is 0.276 e. The van der Waals surface area contributed by atoms with E-state index in [0.717, 1.165) is 27.8 Å². The number of nitrogens with zero attached hydrogens (tertiary/aromatic N) is 8. The quantitative estimate of drug-likeness (QED) is 0.316. The van der Waals surface area contributed by atoms with Crippen molar-refractivity contribution < 1.29 is 0 Å². The van der Waals surface area contributed by atoms with E-state index in [1.54, 1.807) is 24.3 Å². The van der Waals surface area contributed by atoms with Crippen LogP contribution < -0.4 is 0 Å². The molecule has 8 nitrogen and oxygen atoms in total.